The van der Waals surface area contributed by atoms with Crippen LogP contribution >= 0.6 is 11.8 Å². The third kappa shape index (κ3) is 5.73. The van der Waals surface area contributed by atoms with E-state index in [-0.39, 0.29) is 17.9 Å². The Morgan fingerprint density at radius 1 is 1.15 bits per heavy atom. The number of pyridine rings is 1. The van der Waals surface area contributed by atoms with Crippen LogP contribution in [0.25, 0.3) is 0 Å². The molecule has 1 aliphatic rings. The first-order chi connectivity index (χ1) is 16.0. The first-order valence-corrected chi connectivity index (χ1v) is 11.8. The lowest BCUT2D eigenvalue weighted by Gasteiger charge is -2.35. The number of thioether (sulfide) groups is 1. The van der Waals surface area contributed by atoms with Gasteiger partial charge in [0.1, 0.15) is 11.6 Å². The Morgan fingerprint density at radius 3 is 2.67 bits per heavy atom. The Bertz CT molecular complexity index is 1160. The Morgan fingerprint density at radius 2 is 1.97 bits per heavy atom. The maximum atomic E-state index is 12.9. The molecule has 8 nitrogen and oxygen atoms in total. The van der Waals surface area contributed by atoms with Crippen LogP contribution in [0.1, 0.15) is 16.8 Å². The van der Waals surface area contributed by atoms with Gasteiger partial charge in [0, 0.05) is 49.4 Å². The molecule has 0 unspecified atom stereocenters. The van der Waals surface area contributed by atoms with E-state index in [4.69, 9.17) is 4.74 Å². The average molecular weight is 466 g/mol. The van der Waals surface area contributed by atoms with E-state index in [1.54, 1.807) is 20.2 Å². The summed E-state index contributed by atoms with van der Waals surface area (Å²) in [6.45, 7) is 4.43. The topological polar surface area (TPSA) is 91.4 Å². The van der Waals surface area contributed by atoms with Crippen LogP contribution in [-0.2, 0) is 17.0 Å². The second-order valence-corrected chi connectivity index (χ2v) is 8.77. The average Bonchev–Trinajstić information content (AvgIpc) is 2.85. The van der Waals surface area contributed by atoms with Crippen molar-refractivity contribution in [1.29, 1.82) is 0 Å². The van der Waals surface area contributed by atoms with E-state index >= 15 is 0 Å². The second-order valence-electron chi connectivity index (χ2n) is 7.81. The van der Waals surface area contributed by atoms with Crippen molar-refractivity contribution in [1.82, 2.24) is 19.9 Å². The van der Waals surface area contributed by atoms with Gasteiger partial charge in [0.2, 0.25) is 5.91 Å². The summed E-state index contributed by atoms with van der Waals surface area (Å²) in [4.78, 5) is 41.3. The van der Waals surface area contributed by atoms with Crippen LogP contribution in [-0.4, -0.2) is 59.0 Å². The summed E-state index contributed by atoms with van der Waals surface area (Å²) in [5, 5.41) is 0.542. The quantitative estimate of drug-likeness (QED) is 0.424. The van der Waals surface area contributed by atoms with Crippen molar-refractivity contribution in [3.05, 3.63) is 75.8 Å². The highest BCUT2D eigenvalue weighted by Crippen LogP contribution is 2.22. The molecule has 0 aliphatic carbocycles. The summed E-state index contributed by atoms with van der Waals surface area (Å²) >= 11 is 1.45. The van der Waals surface area contributed by atoms with Gasteiger partial charge in [-0.25, -0.2) is 9.97 Å². The van der Waals surface area contributed by atoms with Crippen LogP contribution in [0.3, 0.4) is 0 Å². The molecule has 0 radical (unpaired) electrons. The fraction of sp³-hybridized carbons (Fsp3) is 0.333. The van der Waals surface area contributed by atoms with Crippen molar-refractivity contribution >= 4 is 23.5 Å². The Labute approximate surface area is 197 Å². The van der Waals surface area contributed by atoms with Gasteiger partial charge in [-0.05, 0) is 36.8 Å². The van der Waals surface area contributed by atoms with Gasteiger partial charge in [0.15, 0.2) is 5.16 Å². The minimum absolute atomic E-state index is 0.0529. The number of hydrogen-bond donors (Lipinski definition) is 1. The number of ether oxygens (including phenoxy) is 1. The van der Waals surface area contributed by atoms with Gasteiger partial charge in [-0.3, -0.25) is 9.59 Å². The molecule has 0 bridgehead atoms. The summed E-state index contributed by atoms with van der Waals surface area (Å²) in [7, 11) is 1.63. The Hall–Kier alpha value is -3.33. The van der Waals surface area contributed by atoms with E-state index in [2.05, 4.69) is 19.9 Å². The van der Waals surface area contributed by atoms with Crippen molar-refractivity contribution < 1.29 is 9.53 Å². The molecule has 0 spiro atoms. The summed E-state index contributed by atoms with van der Waals surface area (Å²) < 4.78 is 5.25. The van der Waals surface area contributed by atoms with Crippen molar-refractivity contribution in [2.24, 2.45) is 0 Å². The lowest BCUT2D eigenvalue weighted by molar-refractivity contribution is -0.130. The van der Waals surface area contributed by atoms with Crippen molar-refractivity contribution in [2.45, 2.75) is 24.3 Å². The predicted molar refractivity (Wildman–Crippen MR) is 129 cm³/mol. The second kappa shape index (κ2) is 10.5. The van der Waals surface area contributed by atoms with E-state index in [9.17, 15) is 9.59 Å². The number of rotatable bonds is 7. The van der Waals surface area contributed by atoms with Gasteiger partial charge < -0.3 is 19.5 Å². The first-order valence-electron chi connectivity index (χ1n) is 10.8. The zero-order valence-electron chi connectivity index (χ0n) is 18.8. The highest BCUT2D eigenvalue weighted by molar-refractivity contribution is 7.98. The normalized spacial score (nSPS) is 13.8. The predicted octanol–water partition coefficient (Wildman–Crippen LogP) is 2.67. The molecular weight excluding hydrogens is 438 g/mol. The molecule has 1 saturated heterocycles. The van der Waals surface area contributed by atoms with Crippen LogP contribution < -0.4 is 15.2 Å². The van der Waals surface area contributed by atoms with Crippen molar-refractivity contribution in [3.8, 4) is 5.75 Å². The van der Waals surface area contributed by atoms with Gasteiger partial charge in [-0.1, -0.05) is 30.0 Å². The molecule has 0 atom stereocenters. The van der Waals surface area contributed by atoms with E-state index in [1.807, 2.05) is 47.4 Å². The number of amides is 1. The number of hydrogen-bond acceptors (Lipinski definition) is 7. The number of aromatic amines is 1. The van der Waals surface area contributed by atoms with Crippen LogP contribution in [0.2, 0.25) is 0 Å². The highest BCUT2D eigenvalue weighted by atomic mass is 32.2. The van der Waals surface area contributed by atoms with Gasteiger partial charge in [0.25, 0.3) is 5.56 Å². The molecule has 1 aromatic carbocycles. The fourth-order valence-electron chi connectivity index (χ4n) is 3.76. The first kappa shape index (κ1) is 22.8. The third-order valence-corrected chi connectivity index (χ3v) is 6.59. The van der Waals surface area contributed by atoms with Gasteiger partial charge >= 0.3 is 0 Å². The maximum absolute atomic E-state index is 12.9. The van der Waals surface area contributed by atoms with Gasteiger partial charge in [-0.15, -0.1) is 0 Å². The number of anilines is 1. The molecule has 33 heavy (non-hydrogen) atoms. The van der Waals surface area contributed by atoms with E-state index in [0.717, 1.165) is 30.2 Å². The smallest absolute Gasteiger partial charge is 0.255 e. The monoisotopic (exact) mass is 465 g/mol. The largest absolute Gasteiger partial charge is 0.497 e. The molecule has 0 saturated carbocycles. The van der Waals surface area contributed by atoms with Crippen LogP contribution in [0.4, 0.5) is 5.82 Å². The number of aromatic nitrogens is 3. The number of piperazine rings is 1. The number of carbonyl (C=O) groups excluding carboxylic acids is 1. The number of H-pyrrole nitrogens is 1. The van der Waals surface area contributed by atoms with E-state index < -0.39 is 0 Å². The Kier molecular flexibility index (Phi) is 7.29. The molecule has 2 aromatic heterocycles. The lowest BCUT2D eigenvalue weighted by atomic mass is 10.1. The van der Waals surface area contributed by atoms with Crippen LogP contribution in [0, 0.1) is 6.92 Å². The summed E-state index contributed by atoms with van der Waals surface area (Å²) in [6, 6.07) is 13.6. The summed E-state index contributed by atoms with van der Waals surface area (Å²) in [5.74, 6) is 2.31. The minimum Gasteiger partial charge on any atom is -0.497 e. The highest BCUT2D eigenvalue weighted by Gasteiger charge is 2.23. The zero-order valence-corrected chi connectivity index (χ0v) is 19.6. The molecule has 3 aromatic rings. The number of carbonyl (C=O) groups is 1. The number of nitrogens with one attached hydrogen (secondary N) is 1. The maximum Gasteiger partial charge on any atom is 0.255 e. The van der Waals surface area contributed by atoms with Crippen molar-refractivity contribution in [3.63, 3.8) is 0 Å². The molecule has 3 heterocycles. The molecule has 9 heteroatoms. The number of aryl methyl sites for hydroxylation is 1. The summed E-state index contributed by atoms with van der Waals surface area (Å²) in [6.07, 6.45) is 1.83. The molecule has 1 amide bonds. The zero-order chi connectivity index (χ0) is 23.2. The number of methoxy groups -OCH3 is 1. The van der Waals surface area contributed by atoms with Crippen molar-refractivity contribution in [2.75, 3.05) is 38.2 Å². The molecule has 172 valence electrons. The SMILES string of the molecule is COc1cccc(CSc2nc(C)c(CC(=O)N3CCN(c4ccccn4)CC3)c(=O)[nH]2)c1. The number of benzene rings is 1. The third-order valence-electron chi connectivity index (χ3n) is 5.64. The molecule has 1 aliphatic heterocycles. The standard InChI is InChI=1S/C24H27N5O3S/c1-17-20(15-22(30)29-12-10-28(11-13-29)21-8-3-4-9-25-21)23(31)27-24(26-17)33-16-18-6-5-7-19(14-18)32-2/h3-9,14H,10-13,15-16H2,1-2H3,(H,26,27,31). The minimum atomic E-state index is -0.254. The fourth-order valence-corrected chi connectivity index (χ4v) is 4.61. The molecular formula is C24H27N5O3S. The molecule has 4 rings (SSSR count). The van der Waals surface area contributed by atoms with E-state index in [1.165, 1.54) is 11.8 Å². The van der Waals surface area contributed by atoms with Crippen LogP contribution in [0.15, 0.2) is 58.6 Å². The molecule has 1 fully saturated rings. The summed E-state index contributed by atoms with van der Waals surface area (Å²) in [5.41, 5.74) is 1.84. The van der Waals surface area contributed by atoms with Gasteiger partial charge in [-0.2, -0.15) is 0 Å². The Balaban J connectivity index is 1.35. The van der Waals surface area contributed by atoms with E-state index in [0.29, 0.717) is 35.3 Å². The van der Waals surface area contributed by atoms with Gasteiger partial charge in [0.05, 0.1) is 13.5 Å². The molecule has 1 N–H and O–H groups in total. The number of nitrogens with zero attached hydrogens (tertiary/aromatic N) is 4. The van der Waals surface area contributed by atoms with Crippen LogP contribution in [0.5, 0.6) is 5.75 Å². The lowest BCUT2D eigenvalue weighted by Crippen LogP contribution is -2.49.